The monoisotopic (exact) mass is 171 g/mol. The van der Waals surface area contributed by atoms with E-state index in [1.54, 1.807) is 0 Å². The van der Waals surface area contributed by atoms with Gasteiger partial charge in [-0.05, 0) is 25.7 Å². The van der Waals surface area contributed by atoms with Gasteiger partial charge in [0, 0.05) is 18.6 Å². The molecular formula is C9H17NO2. The first-order valence-electron chi connectivity index (χ1n) is 4.69. The van der Waals surface area contributed by atoms with Gasteiger partial charge in [-0.1, -0.05) is 6.92 Å². The van der Waals surface area contributed by atoms with Gasteiger partial charge >= 0.3 is 0 Å². The van der Waals surface area contributed by atoms with Gasteiger partial charge in [0.15, 0.2) is 0 Å². The van der Waals surface area contributed by atoms with Gasteiger partial charge in [-0.2, -0.15) is 0 Å². The van der Waals surface area contributed by atoms with Crippen molar-refractivity contribution in [3.05, 3.63) is 0 Å². The molecule has 0 aromatic rings. The topological polar surface area (TPSA) is 49.3 Å². The number of carbonyl (C=O) groups is 1. The van der Waals surface area contributed by atoms with E-state index in [1.807, 2.05) is 6.92 Å². The van der Waals surface area contributed by atoms with E-state index < -0.39 is 0 Å². The summed E-state index contributed by atoms with van der Waals surface area (Å²) in [5.74, 6) is 0.452. The zero-order chi connectivity index (χ0) is 8.97. The van der Waals surface area contributed by atoms with Crippen LogP contribution in [0.2, 0.25) is 0 Å². The van der Waals surface area contributed by atoms with Crippen LogP contribution in [0.1, 0.15) is 32.6 Å². The van der Waals surface area contributed by atoms with Gasteiger partial charge in [-0.15, -0.1) is 0 Å². The number of aliphatic hydroxyl groups excluding tert-OH is 1. The van der Waals surface area contributed by atoms with Gasteiger partial charge in [0.2, 0.25) is 5.91 Å². The third kappa shape index (κ3) is 2.81. The van der Waals surface area contributed by atoms with Gasteiger partial charge in [-0.3, -0.25) is 4.79 Å². The van der Waals surface area contributed by atoms with Gasteiger partial charge in [-0.25, -0.2) is 0 Å². The number of hydrogen-bond acceptors (Lipinski definition) is 2. The van der Waals surface area contributed by atoms with Crippen LogP contribution in [0.4, 0.5) is 0 Å². The van der Waals surface area contributed by atoms with Crippen LogP contribution in [0, 0.1) is 5.92 Å². The zero-order valence-electron chi connectivity index (χ0n) is 7.55. The summed E-state index contributed by atoms with van der Waals surface area (Å²) < 4.78 is 0. The highest BCUT2D eigenvalue weighted by atomic mass is 16.3. The summed E-state index contributed by atoms with van der Waals surface area (Å²) in [6.45, 7) is 2.18. The first-order valence-corrected chi connectivity index (χ1v) is 4.69. The maximum atomic E-state index is 11.3. The normalized spacial score (nSPS) is 18.8. The van der Waals surface area contributed by atoms with Crippen molar-refractivity contribution >= 4 is 5.91 Å². The quantitative estimate of drug-likeness (QED) is 0.639. The molecule has 3 heteroatoms. The van der Waals surface area contributed by atoms with Crippen LogP contribution < -0.4 is 5.32 Å². The maximum Gasteiger partial charge on any atom is 0.223 e. The predicted molar refractivity (Wildman–Crippen MR) is 46.6 cm³/mol. The van der Waals surface area contributed by atoms with Crippen LogP contribution in [0.3, 0.4) is 0 Å². The molecule has 2 N–H and O–H groups in total. The van der Waals surface area contributed by atoms with Crippen LogP contribution in [-0.4, -0.2) is 23.7 Å². The lowest BCUT2D eigenvalue weighted by molar-refractivity contribution is -0.123. The number of amides is 1. The van der Waals surface area contributed by atoms with E-state index in [1.165, 1.54) is 0 Å². The average molecular weight is 171 g/mol. The average Bonchev–Trinajstić information content (AvgIpc) is 2.85. The molecule has 0 aromatic carbocycles. The zero-order valence-corrected chi connectivity index (χ0v) is 7.55. The number of nitrogens with one attached hydrogen (secondary N) is 1. The molecule has 1 rings (SSSR count). The van der Waals surface area contributed by atoms with Crippen molar-refractivity contribution in [2.75, 3.05) is 6.61 Å². The highest BCUT2D eigenvalue weighted by Gasteiger charge is 2.30. The molecule has 12 heavy (non-hydrogen) atoms. The smallest absolute Gasteiger partial charge is 0.223 e. The highest BCUT2D eigenvalue weighted by Crippen LogP contribution is 2.29. The minimum atomic E-state index is 0.156. The van der Waals surface area contributed by atoms with Crippen LogP contribution in [0.5, 0.6) is 0 Å². The van der Waals surface area contributed by atoms with E-state index >= 15 is 0 Å². The van der Waals surface area contributed by atoms with E-state index in [2.05, 4.69) is 5.32 Å². The molecule has 1 aliphatic carbocycles. The van der Waals surface area contributed by atoms with Crippen molar-refractivity contribution in [3.63, 3.8) is 0 Å². The molecule has 0 bridgehead atoms. The van der Waals surface area contributed by atoms with Crippen LogP contribution >= 0.6 is 0 Å². The molecule has 1 fully saturated rings. The fourth-order valence-electron chi connectivity index (χ4n) is 1.20. The van der Waals surface area contributed by atoms with Crippen molar-refractivity contribution in [2.45, 2.75) is 38.6 Å². The van der Waals surface area contributed by atoms with E-state index in [0.717, 1.165) is 19.3 Å². The molecular weight excluding hydrogens is 154 g/mol. The minimum absolute atomic E-state index is 0.156. The van der Waals surface area contributed by atoms with Crippen molar-refractivity contribution in [1.82, 2.24) is 5.32 Å². The Kier molecular flexibility index (Phi) is 3.53. The first-order chi connectivity index (χ1) is 5.77. The van der Waals surface area contributed by atoms with Crippen LogP contribution in [0.15, 0.2) is 0 Å². The molecule has 3 nitrogen and oxygen atoms in total. The summed E-state index contributed by atoms with van der Waals surface area (Å²) in [7, 11) is 0. The molecule has 1 aliphatic rings. The molecule has 0 aliphatic heterocycles. The molecule has 0 radical (unpaired) electrons. The Balaban J connectivity index is 2.20. The van der Waals surface area contributed by atoms with Crippen molar-refractivity contribution in [3.8, 4) is 0 Å². The van der Waals surface area contributed by atoms with E-state index in [-0.39, 0.29) is 24.5 Å². The lowest BCUT2D eigenvalue weighted by Gasteiger charge is -2.14. The molecule has 1 unspecified atom stereocenters. The van der Waals surface area contributed by atoms with Gasteiger partial charge in [0.1, 0.15) is 0 Å². The summed E-state index contributed by atoms with van der Waals surface area (Å²) in [5.41, 5.74) is 0. The lowest BCUT2D eigenvalue weighted by atomic mass is 10.1. The Morgan fingerprint density at radius 1 is 1.67 bits per heavy atom. The van der Waals surface area contributed by atoms with Crippen molar-refractivity contribution in [2.24, 2.45) is 5.92 Å². The number of hydrogen-bond donors (Lipinski definition) is 2. The molecule has 0 aromatic heterocycles. The largest absolute Gasteiger partial charge is 0.396 e. The molecule has 1 amide bonds. The fraction of sp³-hybridized carbons (Fsp3) is 0.889. The van der Waals surface area contributed by atoms with Gasteiger partial charge in [0.05, 0.1) is 0 Å². The maximum absolute atomic E-state index is 11.3. The molecule has 1 saturated carbocycles. The standard InChI is InChI=1S/C9H17NO2/c1-2-8(5-6-11)10-9(12)7-3-4-7/h7-8,11H,2-6H2,1H3,(H,10,12). The van der Waals surface area contributed by atoms with E-state index in [4.69, 9.17) is 5.11 Å². The predicted octanol–water partition coefficient (Wildman–Crippen LogP) is 0.674. The molecule has 0 saturated heterocycles. The summed E-state index contributed by atoms with van der Waals surface area (Å²) in [6.07, 6.45) is 3.66. The second kappa shape index (κ2) is 4.45. The summed E-state index contributed by atoms with van der Waals surface area (Å²) in [4.78, 5) is 11.3. The van der Waals surface area contributed by atoms with E-state index in [0.29, 0.717) is 6.42 Å². The Labute approximate surface area is 73.2 Å². The fourth-order valence-corrected chi connectivity index (χ4v) is 1.20. The summed E-state index contributed by atoms with van der Waals surface area (Å²) >= 11 is 0. The SMILES string of the molecule is CCC(CCO)NC(=O)C1CC1. The number of aliphatic hydroxyl groups is 1. The second-order valence-corrected chi connectivity index (χ2v) is 3.40. The summed E-state index contributed by atoms with van der Waals surface area (Å²) in [6, 6.07) is 0.170. The highest BCUT2D eigenvalue weighted by molar-refractivity contribution is 5.81. The van der Waals surface area contributed by atoms with Crippen LogP contribution in [0.25, 0.3) is 0 Å². The van der Waals surface area contributed by atoms with Gasteiger partial charge in [0.25, 0.3) is 0 Å². The molecule has 0 spiro atoms. The number of rotatable bonds is 5. The first kappa shape index (κ1) is 9.52. The third-order valence-electron chi connectivity index (χ3n) is 2.26. The summed E-state index contributed by atoms with van der Waals surface area (Å²) in [5, 5.41) is 11.6. The Morgan fingerprint density at radius 2 is 2.33 bits per heavy atom. The Hall–Kier alpha value is -0.570. The van der Waals surface area contributed by atoms with E-state index in [9.17, 15) is 4.79 Å². The van der Waals surface area contributed by atoms with Crippen molar-refractivity contribution < 1.29 is 9.90 Å². The lowest BCUT2D eigenvalue weighted by Crippen LogP contribution is -2.35. The Morgan fingerprint density at radius 3 is 2.75 bits per heavy atom. The molecule has 70 valence electrons. The molecule has 1 atom stereocenters. The second-order valence-electron chi connectivity index (χ2n) is 3.40. The minimum Gasteiger partial charge on any atom is -0.396 e. The Bertz CT molecular complexity index is 155. The number of carbonyl (C=O) groups excluding carboxylic acids is 1. The van der Waals surface area contributed by atoms with Crippen LogP contribution in [-0.2, 0) is 4.79 Å². The molecule has 0 heterocycles. The third-order valence-corrected chi connectivity index (χ3v) is 2.26. The van der Waals surface area contributed by atoms with Gasteiger partial charge < -0.3 is 10.4 Å². The van der Waals surface area contributed by atoms with Crippen molar-refractivity contribution in [1.29, 1.82) is 0 Å².